The summed E-state index contributed by atoms with van der Waals surface area (Å²) < 4.78 is 0. The molecule has 0 heterocycles. The van der Waals surface area contributed by atoms with Crippen molar-refractivity contribution < 1.29 is 4.79 Å². The molecule has 1 N–H and O–H groups in total. The number of rotatable bonds is 6. The Morgan fingerprint density at radius 1 is 1.50 bits per heavy atom. The molecule has 0 saturated carbocycles. The van der Waals surface area contributed by atoms with Crippen LogP contribution in [0.3, 0.4) is 0 Å². The van der Waals surface area contributed by atoms with Crippen LogP contribution < -0.4 is 5.32 Å². The van der Waals surface area contributed by atoms with Crippen molar-refractivity contribution in [1.29, 1.82) is 0 Å². The molecule has 0 aliphatic heterocycles. The highest BCUT2D eigenvalue weighted by molar-refractivity contribution is 5.86. The van der Waals surface area contributed by atoms with Gasteiger partial charge in [-0.3, -0.25) is 4.79 Å². The first-order valence-corrected chi connectivity index (χ1v) is 4.36. The van der Waals surface area contributed by atoms with Gasteiger partial charge in [0.25, 0.3) is 0 Å². The average molecular weight is 167 g/mol. The minimum absolute atomic E-state index is 0.116. The summed E-state index contributed by atoms with van der Waals surface area (Å²) in [4.78, 5) is 10.6. The molecule has 1 amide bonds. The third kappa shape index (κ3) is 7.06. The van der Waals surface area contributed by atoms with Gasteiger partial charge in [0.1, 0.15) is 0 Å². The van der Waals surface area contributed by atoms with Crippen LogP contribution in [0.25, 0.3) is 0 Å². The van der Waals surface area contributed by atoms with Gasteiger partial charge in [-0.1, -0.05) is 38.5 Å². The van der Waals surface area contributed by atoms with Gasteiger partial charge in [0.15, 0.2) is 0 Å². The molecule has 68 valence electrons. The predicted molar refractivity (Wildman–Crippen MR) is 51.9 cm³/mol. The molecule has 2 heteroatoms. The molecule has 0 bridgehead atoms. The molecule has 0 aromatic carbocycles. The van der Waals surface area contributed by atoms with E-state index in [2.05, 4.69) is 24.9 Å². The van der Waals surface area contributed by atoms with Gasteiger partial charge in [-0.15, -0.1) is 0 Å². The minimum Gasteiger partial charge on any atom is -0.349 e. The van der Waals surface area contributed by atoms with E-state index in [9.17, 15) is 4.79 Å². The van der Waals surface area contributed by atoms with Gasteiger partial charge in [0.05, 0.1) is 0 Å². The molecule has 0 aromatic heterocycles. The first kappa shape index (κ1) is 11.0. The van der Waals surface area contributed by atoms with E-state index < -0.39 is 0 Å². The fraction of sp³-hybridized carbons (Fsp3) is 0.500. The highest BCUT2D eigenvalue weighted by Crippen LogP contribution is 1.93. The number of unbranched alkanes of at least 4 members (excludes halogenated alkanes) is 2. The molecule has 0 aliphatic carbocycles. The van der Waals surface area contributed by atoms with Crippen molar-refractivity contribution in [3.05, 3.63) is 24.8 Å². The zero-order valence-electron chi connectivity index (χ0n) is 7.68. The zero-order valence-corrected chi connectivity index (χ0v) is 7.68. The Balaban J connectivity index is 3.24. The largest absolute Gasteiger partial charge is 0.349 e. The number of carbonyl (C=O) groups is 1. The summed E-state index contributed by atoms with van der Waals surface area (Å²) in [5, 5.41) is 2.67. The van der Waals surface area contributed by atoms with E-state index in [-0.39, 0.29) is 5.91 Å². The molecular weight excluding hydrogens is 150 g/mol. The molecule has 12 heavy (non-hydrogen) atoms. The van der Waals surface area contributed by atoms with Crippen molar-refractivity contribution in [2.24, 2.45) is 0 Å². The lowest BCUT2D eigenvalue weighted by Crippen LogP contribution is -2.20. The highest BCUT2D eigenvalue weighted by atomic mass is 16.1. The second-order valence-corrected chi connectivity index (χ2v) is 2.56. The Morgan fingerprint density at radius 3 is 2.83 bits per heavy atom. The monoisotopic (exact) mass is 167 g/mol. The molecule has 0 radical (unpaired) electrons. The quantitative estimate of drug-likeness (QED) is 0.366. The Kier molecular flexibility index (Phi) is 7.35. The fourth-order valence-electron chi connectivity index (χ4n) is 0.755. The van der Waals surface area contributed by atoms with Gasteiger partial charge < -0.3 is 5.32 Å². The van der Waals surface area contributed by atoms with Crippen molar-refractivity contribution in [3.63, 3.8) is 0 Å². The third-order valence-electron chi connectivity index (χ3n) is 1.47. The van der Waals surface area contributed by atoms with E-state index in [0.717, 1.165) is 6.42 Å². The number of hydrogen-bond acceptors (Lipinski definition) is 1. The Morgan fingerprint density at radius 2 is 2.25 bits per heavy atom. The van der Waals surface area contributed by atoms with Gasteiger partial charge in [0, 0.05) is 6.54 Å². The first-order chi connectivity index (χ1) is 5.81. The van der Waals surface area contributed by atoms with Crippen molar-refractivity contribution in [2.75, 3.05) is 6.54 Å². The summed E-state index contributed by atoms with van der Waals surface area (Å²) in [7, 11) is 0. The fourth-order valence-corrected chi connectivity index (χ4v) is 0.755. The van der Waals surface area contributed by atoms with Crippen LogP contribution in [0, 0.1) is 0 Å². The number of allylic oxidation sites excluding steroid dienone is 1. The number of hydrogen-bond donors (Lipinski definition) is 1. The lowest BCUT2D eigenvalue weighted by molar-refractivity contribution is -0.116. The van der Waals surface area contributed by atoms with Crippen molar-refractivity contribution in [3.8, 4) is 0 Å². The van der Waals surface area contributed by atoms with E-state index in [1.54, 1.807) is 0 Å². The zero-order chi connectivity index (χ0) is 9.23. The molecule has 0 aromatic rings. The van der Waals surface area contributed by atoms with Crippen molar-refractivity contribution in [1.82, 2.24) is 5.32 Å². The maximum Gasteiger partial charge on any atom is 0.243 e. The molecule has 0 aliphatic rings. The standard InChI is InChI=1S/C10H17NO/c1-3-5-6-7-8-9-11-10(12)4-2/h4,7-8H,2-3,5-6,9H2,1H3,(H,11,12). The van der Waals surface area contributed by atoms with Gasteiger partial charge in [-0.25, -0.2) is 0 Å². The molecule has 0 spiro atoms. The van der Waals surface area contributed by atoms with E-state index in [0.29, 0.717) is 6.54 Å². The second-order valence-electron chi connectivity index (χ2n) is 2.56. The molecule has 2 nitrogen and oxygen atoms in total. The molecule has 0 fully saturated rings. The Hall–Kier alpha value is -1.05. The molecule has 0 saturated heterocycles. The summed E-state index contributed by atoms with van der Waals surface area (Å²) in [5.41, 5.74) is 0. The summed E-state index contributed by atoms with van der Waals surface area (Å²) >= 11 is 0. The van der Waals surface area contributed by atoms with Crippen molar-refractivity contribution in [2.45, 2.75) is 26.2 Å². The topological polar surface area (TPSA) is 29.1 Å². The van der Waals surface area contributed by atoms with E-state index in [1.807, 2.05) is 6.08 Å². The van der Waals surface area contributed by atoms with Crippen LogP contribution in [-0.2, 0) is 4.79 Å². The summed E-state index contributed by atoms with van der Waals surface area (Å²) in [5.74, 6) is -0.116. The van der Waals surface area contributed by atoms with E-state index in [1.165, 1.54) is 18.9 Å². The normalized spacial score (nSPS) is 10.1. The van der Waals surface area contributed by atoms with Gasteiger partial charge in [0.2, 0.25) is 5.91 Å². The lowest BCUT2D eigenvalue weighted by atomic mass is 10.2. The highest BCUT2D eigenvalue weighted by Gasteiger charge is 1.87. The van der Waals surface area contributed by atoms with Crippen LogP contribution >= 0.6 is 0 Å². The van der Waals surface area contributed by atoms with Crippen LogP contribution in [0.15, 0.2) is 24.8 Å². The molecular formula is C10H17NO. The summed E-state index contributed by atoms with van der Waals surface area (Å²) in [6, 6.07) is 0. The van der Waals surface area contributed by atoms with E-state index in [4.69, 9.17) is 0 Å². The number of amides is 1. The third-order valence-corrected chi connectivity index (χ3v) is 1.47. The minimum atomic E-state index is -0.116. The SMILES string of the molecule is C=CC(=O)NCC=CCCCC. The number of carbonyl (C=O) groups excluding carboxylic acids is 1. The van der Waals surface area contributed by atoms with Crippen LogP contribution in [-0.4, -0.2) is 12.5 Å². The average Bonchev–Trinajstić information content (AvgIpc) is 2.10. The van der Waals surface area contributed by atoms with Crippen molar-refractivity contribution >= 4 is 5.91 Å². The van der Waals surface area contributed by atoms with Gasteiger partial charge in [-0.05, 0) is 12.5 Å². The second kappa shape index (κ2) is 8.05. The predicted octanol–water partition coefficient (Wildman–Crippen LogP) is 2.04. The van der Waals surface area contributed by atoms with Crippen LogP contribution in [0.4, 0.5) is 0 Å². The Labute approximate surface area is 74.4 Å². The van der Waals surface area contributed by atoms with E-state index >= 15 is 0 Å². The van der Waals surface area contributed by atoms with Crippen LogP contribution in [0.1, 0.15) is 26.2 Å². The lowest BCUT2D eigenvalue weighted by Gasteiger charge is -1.94. The summed E-state index contributed by atoms with van der Waals surface area (Å²) in [6.45, 7) is 6.12. The Bertz CT molecular complexity index is 161. The molecule has 0 unspecified atom stereocenters. The smallest absolute Gasteiger partial charge is 0.243 e. The maximum atomic E-state index is 10.6. The van der Waals surface area contributed by atoms with Gasteiger partial charge in [-0.2, -0.15) is 0 Å². The maximum absolute atomic E-state index is 10.6. The first-order valence-electron chi connectivity index (χ1n) is 4.36. The number of nitrogens with one attached hydrogen (secondary N) is 1. The summed E-state index contributed by atoms with van der Waals surface area (Å²) in [6.07, 6.45) is 8.86. The molecule has 0 rings (SSSR count). The molecule has 0 atom stereocenters. The van der Waals surface area contributed by atoms with Gasteiger partial charge >= 0.3 is 0 Å². The van der Waals surface area contributed by atoms with Crippen LogP contribution in [0.5, 0.6) is 0 Å². The van der Waals surface area contributed by atoms with Crippen LogP contribution in [0.2, 0.25) is 0 Å².